The minimum Gasteiger partial charge on any atom is -0.463 e. The lowest BCUT2D eigenvalue weighted by atomic mass is 9.95. The largest absolute Gasteiger partial charge is 0.463 e. The summed E-state index contributed by atoms with van der Waals surface area (Å²) < 4.78 is 5.31. The van der Waals surface area contributed by atoms with Crippen molar-refractivity contribution in [1.29, 1.82) is 0 Å². The first-order valence-electron chi connectivity index (χ1n) is 5.55. The number of hydrogen-bond donors (Lipinski definition) is 1. The second-order valence-electron chi connectivity index (χ2n) is 5.12. The number of aromatic amines is 1. The molecule has 2 aromatic rings. The van der Waals surface area contributed by atoms with Crippen LogP contribution < -0.4 is 5.56 Å². The van der Waals surface area contributed by atoms with Crippen molar-refractivity contribution < 1.29 is 4.42 Å². The minimum atomic E-state index is -0.200. The molecule has 0 bridgehead atoms. The molecule has 0 fully saturated rings. The average Bonchev–Trinajstić information content (AvgIpc) is 2.73. The number of nitrogens with zero attached hydrogens (tertiary/aromatic N) is 1. The monoisotopic (exact) mass is 232 g/mol. The lowest BCUT2D eigenvalue weighted by molar-refractivity contribution is 0.537. The van der Waals surface area contributed by atoms with Gasteiger partial charge in [0, 0.05) is 11.0 Å². The van der Waals surface area contributed by atoms with Crippen LogP contribution in [0.1, 0.15) is 32.2 Å². The third kappa shape index (κ3) is 2.16. The van der Waals surface area contributed by atoms with Crippen LogP contribution in [0, 0.1) is 6.92 Å². The molecule has 4 nitrogen and oxygen atoms in total. The molecule has 0 spiro atoms. The normalized spacial score (nSPS) is 11.8. The van der Waals surface area contributed by atoms with Gasteiger partial charge in [-0.2, -0.15) is 0 Å². The Morgan fingerprint density at radius 1 is 1.35 bits per heavy atom. The molecule has 0 aliphatic carbocycles. The molecule has 0 amide bonds. The van der Waals surface area contributed by atoms with Crippen molar-refractivity contribution in [3.63, 3.8) is 0 Å². The zero-order chi connectivity index (χ0) is 12.6. The molecule has 2 heterocycles. The third-order valence-electron chi connectivity index (χ3n) is 2.62. The molecule has 0 saturated carbocycles. The Morgan fingerprint density at radius 2 is 2.06 bits per heavy atom. The molecular weight excluding hydrogens is 216 g/mol. The van der Waals surface area contributed by atoms with Gasteiger partial charge in [0.25, 0.3) is 5.56 Å². The van der Waals surface area contributed by atoms with Crippen LogP contribution in [0.25, 0.3) is 11.5 Å². The van der Waals surface area contributed by atoms with Crippen molar-refractivity contribution in [3.8, 4) is 11.5 Å². The van der Waals surface area contributed by atoms with Crippen LogP contribution in [-0.2, 0) is 5.41 Å². The predicted octanol–water partition coefficient (Wildman–Crippen LogP) is 2.64. The van der Waals surface area contributed by atoms with Crippen LogP contribution in [-0.4, -0.2) is 9.97 Å². The van der Waals surface area contributed by atoms with Gasteiger partial charge in [0.15, 0.2) is 5.76 Å². The number of aromatic nitrogens is 2. The fourth-order valence-corrected chi connectivity index (χ4v) is 1.54. The van der Waals surface area contributed by atoms with Gasteiger partial charge < -0.3 is 9.40 Å². The fourth-order valence-electron chi connectivity index (χ4n) is 1.54. The zero-order valence-electron chi connectivity index (χ0n) is 10.5. The van der Waals surface area contributed by atoms with Gasteiger partial charge in [-0.3, -0.25) is 4.79 Å². The van der Waals surface area contributed by atoms with Crippen LogP contribution >= 0.6 is 0 Å². The van der Waals surface area contributed by atoms with Gasteiger partial charge in [0.2, 0.25) is 0 Å². The number of nitrogens with one attached hydrogen (secondary N) is 1. The first-order chi connectivity index (χ1) is 7.89. The van der Waals surface area contributed by atoms with Gasteiger partial charge in [-0.25, -0.2) is 4.98 Å². The van der Waals surface area contributed by atoms with E-state index in [2.05, 4.69) is 9.97 Å². The summed E-state index contributed by atoms with van der Waals surface area (Å²) in [5.74, 6) is 1.29. The summed E-state index contributed by atoms with van der Waals surface area (Å²) in [4.78, 5) is 19.2. The third-order valence-corrected chi connectivity index (χ3v) is 2.62. The number of hydrogen-bond acceptors (Lipinski definition) is 3. The van der Waals surface area contributed by atoms with Crippen LogP contribution in [0.5, 0.6) is 0 Å². The second kappa shape index (κ2) is 3.87. The summed E-state index contributed by atoms with van der Waals surface area (Å²) in [6, 6.07) is 3.59. The van der Waals surface area contributed by atoms with Gasteiger partial charge in [-0.15, -0.1) is 0 Å². The SMILES string of the molecule is Cc1c(-c2ccco2)nc(C(C)(C)C)[nH]c1=O. The second-order valence-corrected chi connectivity index (χ2v) is 5.12. The molecule has 1 N–H and O–H groups in total. The highest BCUT2D eigenvalue weighted by atomic mass is 16.3. The molecular formula is C13H16N2O2. The number of furan rings is 1. The Balaban J connectivity index is 2.68. The van der Waals surface area contributed by atoms with Crippen LogP contribution in [0.3, 0.4) is 0 Å². The topological polar surface area (TPSA) is 58.9 Å². The van der Waals surface area contributed by atoms with Gasteiger partial charge >= 0.3 is 0 Å². The van der Waals surface area contributed by atoms with E-state index in [1.54, 1.807) is 25.3 Å². The van der Waals surface area contributed by atoms with Crippen molar-refractivity contribution in [1.82, 2.24) is 9.97 Å². The summed E-state index contributed by atoms with van der Waals surface area (Å²) in [5, 5.41) is 0. The zero-order valence-corrected chi connectivity index (χ0v) is 10.5. The molecule has 0 saturated heterocycles. The van der Waals surface area contributed by atoms with Crippen molar-refractivity contribution in [2.75, 3.05) is 0 Å². The lowest BCUT2D eigenvalue weighted by Gasteiger charge is -2.18. The molecule has 2 rings (SSSR count). The lowest BCUT2D eigenvalue weighted by Crippen LogP contribution is -2.24. The van der Waals surface area contributed by atoms with Crippen LogP contribution in [0.4, 0.5) is 0 Å². The maximum absolute atomic E-state index is 11.9. The Morgan fingerprint density at radius 3 is 2.59 bits per heavy atom. The van der Waals surface area contributed by atoms with E-state index in [-0.39, 0.29) is 11.0 Å². The predicted molar refractivity (Wildman–Crippen MR) is 66.0 cm³/mol. The van der Waals surface area contributed by atoms with Gasteiger partial charge in [-0.1, -0.05) is 20.8 Å². The highest BCUT2D eigenvalue weighted by molar-refractivity contribution is 5.56. The van der Waals surface area contributed by atoms with E-state index in [4.69, 9.17) is 4.42 Å². The van der Waals surface area contributed by atoms with Crippen molar-refractivity contribution >= 4 is 0 Å². The summed E-state index contributed by atoms with van der Waals surface area (Å²) in [5.41, 5.74) is 0.877. The Labute approximate surface area is 99.7 Å². The Hall–Kier alpha value is -1.84. The maximum Gasteiger partial charge on any atom is 0.254 e. The quantitative estimate of drug-likeness (QED) is 0.822. The van der Waals surface area contributed by atoms with Crippen LogP contribution in [0.2, 0.25) is 0 Å². The Kier molecular flexibility index (Phi) is 2.65. The minimum absolute atomic E-state index is 0.115. The molecule has 0 unspecified atom stereocenters. The molecule has 17 heavy (non-hydrogen) atoms. The van der Waals surface area contributed by atoms with Gasteiger partial charge in [0.1, 0.15) is 11.5 Å². The number of rotatable bonds is 1. The standard InChI is InChI=1S/C13H16N2O2/c1-8-10(9-6-5-7-17-9)14-12(13(2,3)4)15-11(8)16/h5-7H,1-4H3,(H,14,15,16). The summed E-state index contributed by atoms with van der Waals surface area (Å²) >= 11 is 0. The van der Waals surface area contributed by atoms with Gasteiger partial charge in [0.05, 0.1) is 6.26 Å². The average molecular weight is 232 g/mol. The fraction of sp³-hybridized carbons (Fsp3) is 0.385. The highest BCUT2D eigenvalue weighted by Crippen LogP contribution is 2.23. The van der Waals surface area contributed by atoms with Crippen molar-refractivity contribution in [3.05, 3.63) is 40.1 Å². The molecule has 0 radical (unpaired) electrons. The Bertz CT molecular complexity index is 574. The number of H-pyrrole nitrogens is 1. The molecule has 0 aliphatic heterocycles. The van der Waals surface area contributed by atoms with Crippen molar-refractivity contribution in [2.45, 2.75) is 33.1 Å². The smallest absolute Gasteiger partial charge is 0.254 e. The highest BCUT2D eigenvalue weighted by Gasteiger charge is 2.20. The van der Waals surface area contributed by atoms with E-state index in [1.807, 2.05) is 20.8 Å². The summed E-state index contributed by atoms with van der Waals surface area (Å²) in [7, 11) is 0. The first-order valence-corrected chi connectivity index (χ1v) is 5.55. The summed E-state index contributed by atoms with van der Waals surface area (Å²) in [6.45, 7) is 7.77. The molecule has 2 aromatic heterocycles. The van der Waals surface area contributed by atoms with E-state index in [0.29, 0.717) is 22.8 Å². The van der Waals surface area contributed by atoms with Crippen LogP contribution in [0.15, 0.2) is 27.6 Å². The van der Waals surface area contributed by atoms with E-state index in [9.17, 15) is 4.79 Å². The molecule has 90 valence electrons. The molecule has 0 aromatic carbocycles. The van der Waals surface area contributed by atoms with E-state index < -0.39 is 0 Å². The molecule has 4 heteroatoms. The van der Waals surface area contributed by atoms with E-state index in [1.165, 1.54) is 0 Å². The van der Waals surface area contributed by atoms with E-state index >= 15 is 0 Å². The van der Waals surface area contributed by atoms with Crippen molar-refractivity contribution in [2.24, 2.45) is 0 Å². The van der Waals surface area contributed by atoms with E-state index in [0.717, 1.165) is 0 Å². The molecule has 0 atom stereocenters. The maximum atomic E-state index is 11.9. The van der Waals surface area contributed by atoms with Gasteiger partial charge in [-0.05, 0) is 19.1 Å². The first kappa shape index (κ1) is 11.6. The summed E-state index contributed by atoms with van der Waals surface area (Å²) in [6.07, 6.45) is 1.58. The molecule has 0 aliphatic rings.